The first-order valence-electron chi connectivity index (χ1n) is 10.6. The molecule has 0 bridgehead atoms. The minimum Gasteiger partial charge on any atom is -0.493 e. The molecule has 1 saturated heterocycles. The van der Waals surface area contributed by atoms with Crippen molar-refractivity contribution >= 4 is 6.21 Å². The molecule has 1 fully saturated rings. The second-order valence-electron chi connectivity index (χ2n) is 7.54. The molecule has 0 spiro atoms. The van der Waals surface area contributed by atoms with Crippen molar-refractivity contribution in [1.29, 1.82) is 0 Å². The van der Waals surface area contributed by atoms with Crippen LogP contribution in [0, 0.1) is 0 Å². The topological polar surface area (TPSA) is 37.3 Å². The van der Waals surface area contributed by atoms with E-state index >= 15 is 0 Å². The number of nitrogens with zero attached hydrogens (tertiary/aromatic N) is 3. The minimum atomic E-state index is 0.256. The summed E-state index contributed by atoms with van der Waals surface area (Å²) in [6.07, 6.45) is 1.86. The van der Waals surface area contributed by atoms with Crippen LogP contribution in [0.4, 0.5) is 0 Å². The third-order valence-corrected chi connectivity index (χ3v) is 5.68. The first kappa shape index (κ1) is 20.9. The van der Waals surface area contributed by atoms with E-state index in [1.807, 2.05) is 24.4 Å². The maximum Gasteiger partial charge on any atom is 0.169 e. The summed E-state index contributed by atoms with van der Waals surface area (Å²) in [5.74, 6) is 1.42. The van der Waals surface area contributed by atoms with Crippen LogP contribution >= 0.6 is 0 Å². The number of para-hydroxylation sites is 1. The molecule has 0 atom stereocenters. The number of benzene rings is 3. The molecule has 1 heterocycles. The highest BCUT2D eigenvalue weighted by atomic mass is 16.5. The van der Waals surface area contributed by atoms with Crippen LogP contribution in [0.2, 0.25) is 0 Å². The van der Waals surface area contributed by atoms with Crippen molar-refractivity contribution in [2.45, 2.75) is 6.04 Å². The fourth-order valence-corrected chi connectivity index (χ4v) is 4.13. The van der Waals surface area contributed by atoms with Gasteiger partial charge in [0.1, 0.15) is 0 Å². The van der Waals surface area contributed by atoms with E-state index in [1.165, 1.54) is 11.1 Å². The van der Waals surface area contributed by atoms with Crippen molar-refractivity contribution in [1.82, 2.24) is 9.91 Å². The molecule has 1 aliphatic rings. The first-order chi connectivity index (χ1) is 15.3. The average Bonchev–Trinajstić information content (AvgIpc) is 2.84. The Kier molecular flexibility index (Phi) is 6.85. The van der Waals surface area contributed by atoms with Crippen LogP contribution in [0.3, 0.4) is 0 Å². The van der Waals surface area contributed by atoms with Crippen molar-refractivity contribution in [3.05, 3.63) is 95.6 Å². The molecular weight excluding hydrogens is 386 g/mol. The van der Waals surface area contributed by atoms with Gasteiger partial charge in [-0.25, -0.2) is 0 Å². The highest BCUT2D eigenvalue weighted by Gasteiger charge is 2.25. The van der Waals surface area contributed by atoms with Gasteiger partial charge < -0.3 is 9.47 Å². The van der Waals surface area contributed by atoms with Crippen molar-refractivity contribution in [3.63, 3.8) is 0 Å². The fourth-order valence-electron chi connectivity index (χ4n) is 4.13. The van der Waals surface area contributed by atoms with Crippen molar-refractivity contribution < 1.29 is 9.47 Å². The predicted molar refractivity (Wildman–Crippen MR) is 125 cm³/mol. The van der Waals surface area contributed by atoms with Gasteiger partial charge in [0.2, 0.25) is 0 Å². The van der Waals surface area contributed by atoms with E-state index in [1.54, 1.807) is 14.2 Å². The molecule has 3 aromatic carbocycles. The third kappa shape index (κ3) is 4.89. The van der Waals surface area contributed by atoms with Crippen LogP contribution < -0.4 is 9.47 Å². The molecule has 0 radical (unpaired) electrons. The number of ether oxygens (including phenoxy) is 2. The summed E-state index contributed by atoms with van der Waals surface area (Å²) in [4.78, 5) is 2.54. The Morgan fingerprint density at radius 3 is 1.90 bits per heavy atom. The van der Waals surface area contributed by atoms with Gasteiger partial charge in [-0.15, -0.1) is 0 Å². The Morgan fingerprint density at radius 2 is 1.35 bits per heavy atom. The highest BCUT2D eigenvalue weighted by Crippen LogP contribution is 2.31. The number of hydrogen-bond acceptors (Lipinski definition) is 5. The Bertz CT molecular complexity index is 945. The lowest BCUT2D eigenvalue weighted by Crippen LogP contribution is -2.45. The molecule has 4 rings (SSSR count). The van der Waals surface area contributed by atoms with Crippen LogP contribution in [0.15, 0.2) is 84.0 Å². The van der Waals surface area contributed by atoms with E-state index in [4.69, 9.17) is 14.6 Å². The van der Waals surface area contributed by atoms with Gasteiger partial charge in [0.25, 0.3) is 0 Å². The Hall–Kier alpha value is -3.31. The third-order valence-electron chi connectivity index (χ3n) is 5.68. The summed E-state index contributed by atoms with van der Waals surface area (Å²) in [5.41, 5.74) is 3.56. The number of methoxy groups -OCH3 is 2. The van der Waals surface area contributed by atoms with Gasteiger partial charge in [-0.2, -0.15) is 5.10 Å². The molecule has 0 N–H and O–H groups in total. The molecule has 1 aliphatic heterocycles. The van der Waals surface area contributed by atoms with E-state index in [-0.39, 0.29) is 6.04 Å². The van der Waals surface area contributed by atoms with E-state index in [0.29, 0.717) is 11.5 Å². The minimum absolute atomic E-state index is 0.256. The van der Waals surface area contributed by atoms with Crippen LogP contribution in [-0.2, 0) is 0 Å². The summed E-state index contributed by atoms with van der Waals surface area (Å²) in [5, 5.41) is 6.85. The second-order valence-corrected chi connectivity index (χ2v) is 7.54. The summed E-state index contributed by atoms with van der Waals surface area (Å²) >= 11 is 0. The van der Waals surface area contributed by atoms with Crippen LogP contribution in [0.1, 0.15) is 22.7 Å². The van der Waals surface area contributed by atoms with Gasteiger partial charge in [0.15, 0.2) is 11.5 Å². The molecule has 3 aromatic rings. The molecule has 5 heteroatoms. The lowest BCUT2D eigenvalue weighted by molar-refractivity contribution is 0.113. The summed E-state index contributed by atoms with van der Waals surface area (Å²) in [6, 6.07) is 27.6. The highest BCUT2D eigenvalue weighted by molar-refractivity contribution is 5.84. The Morgan fingerprint density at radius 1 is 0.742 bits per heavy atom. The molecule has 0 aromatic heterocycles. The van der Waals surface area contributed by atoms with Gasteiger partial charge in [-0.3, -0.25) is 9.91 Å². The number of rotatable bonds is 7. The largest absolute Gasteiger partial charge is 0.493 e. The number of hydrazone groups is 1. The van der Waals surface area contributed by atoms with Crippen LogP contribution in [-0.4, -0.2) is 56.5 Å². The number of piperazine rings is 1. The van der Waals surface area contributed by atoms with E-state index < -0.39 is 0 Å². The zero-order valence-electron chi connectivity index (χ0n) is 18.1. The quantitative estimate of drug-likeness (QED) is 0.535. The van der Waals surface area contributed by atoms with E-state index in [2.05, 4.69) is 70.6 Å². The summed E-state index contributed by atoms with van der Waals surface area (Å²) in [6.45, 7) is 3.64. The maximum atomic E-state index is 5.51. The zero-order valence-corrected chi connectivity index (χ0v) is 18.1. The first-order valence-corrected chi connectivity index (χ1v) is 10.6. The second kappa shape index (κ2) is 10.1. The van der Waals surface area contributed by atoms with Crippen molar-refractivity contribution in [2.24, 2.45) is 5.10 Å². The average molecular weight is 416 g/mol. The van der Waals surface area contributed by atoms with Gasteiger partial charge >= 0.3 is 0 Å². The van der Waals surface area contributed by atoms with E-state index in [0.717, 1.165) is 31.7 Å². The van der Waals surface area contributed by atoms with E-state index in [9.17, 15) is 0 Å². The monoisotopic (exact) mass is 415 g/mol. The molecule has 5 nitrogen and oxygen atoms in total. The van der Waals surface area contributed by atoms with Gasteiger partial charge in [-0.1, -0.05) is 66.7 Å². The molecule has 0 aliphatic carbocycles. The molecule has 0 amide bonds. The normalized spacial score (nSPS) is 14.9. The fraction of sp³-hybridized carbons (Fsp3) is 0.269. The van der Waals surface area contributed by atoms with Crippen LogP contribution in [0.25, 0.3) is 0 Å². The van der Waals surface area contributed by atoms with Crippen LogP contribution in [0.5, 0.6) is 11.5 Å². The summed E-state index contributed by atoms with van der Waals surface area (Å²) in [7, 11) is 3.30. The summed E-state index contributed by atoms with van der Waals surface area (Å²) < 4.78 is 10.9. The Balaban J connectivity index is 1.47. The van der Waals surface area contributed by atoms with Crippen molar-refractivity contribution in [3.8, 4) is 11.5 Å². The van der Waals surface area contributed by atoms with Gasteiger partial charge in [0.05, 0.1) is 26.5 Å². The smallest absolute Gasteiger partial charge is 0.169 e. The Labute approximate surface area is 184 Å². The zero-order chi connectivity index (χ0) is 21.5. The maximum absolute atomic E-state index is 5.51. The molecular formula is C26H29N3O2. The van der Waals surface area contributed by atoms with Crippen molar-refractivity contribution in [2.75, 3.05) is 40.4 Å². The van der Waals surface area contributed by atoms with Gasteiger partial charge in [-0.05, 0) is 23.3 Å². The molecule has 0 saturated carbocycles. The number of hydrogen-bond donors (Lipinski definition) is 0. The predicted octanol–water partition coefficient (Wildman–Crippen LogP) is 4.44. The molecule has 160 valence electrons. The lowest BCUT2D eigenvalue weighted by Gasteiger charge is -2.38. The molecule has 31 heavy (non-hydrogen) atoms. The SMILES string of the molecule is COc1cccc(C=NN2CCN(C(c3ccccc3)c3ccccc3)CC2)c1OC. The molecule has 0 unspecified atom stereocenters. The lowest BCUT2D eigenvalue weighted by atomic mass is 9.96. The van der Waals surface area contributed by atoms with Gasteiger partial charge in [0, 0.05) is 31.7 Å². The standard InChI is InChI=1S/C26H29N3O2/c1-30-24-15-9-14-23(26(24)31-2)20-27-29-18-16-28(17-19-29)25(21-10-5-3-6-11-21)22-12-7-4-8-13-22/h3-15,20,25H,16-19H2,1-2H3.